The average molecular weight is 280 g/mol. The molecular formula is C12H10BrNO2. The molecule has 0 saturated heterocycles. The van der Waals surface area contributed by atoms with Crippen LogP contribution in [-0.2, 0) is 0 Å². The highest BCUT2D eigenvalue weighted by molar-refractivity contribution is 9.10. The fraction of sp³-hybridized carbons (Fsp3) is 0.167. The Morgan fingerprint density at radius 1 is 1.19 bits per heavy atom. The molecule has 1 aromatic heterocycles. The second-order valence-corrected chi connectivity index (χ2v) is 4.56. The van der Waals surface area contributed by atoms with E-state index >= 15 is 0 Å². The maximum absolute atomic E-state index is 11.5. The van der Waals surface area contributed by atoms with E-state index in [1.54, 1.807) is 6.07 Å². The van der Waals surface area contributed by atoms with Gasteiger partial charge in [0.25, 0.3) is 0 Å². The van der Waals surface area contributed by atoms with Crippen molar-refractivity contribution in [3.05, 3.63) is 34.4 Å². The third-order valence-electron chi connectivity index (χ3n) is 2.44. The Labute approximate surface area is 101 Å². The van der Waals surface area contributed by atoms with Crippen molar-refractivity contribution in [1.82, 2.24) is 4.57 Å². The van der Waals surface area contributed by atoms with Crippen molar-refractivity contribution >= 4 is 38.5 Å². The Balaban J connectivity index is 2.86. The van der Waals surface area contributed by atoms with Gasteiger partial charge in [-0.3, -0.25) is 14.2 Å². The minimum atomic E-state index is -0.150. The first-order chi connectivity index (χ1) is 7.50. The van der Waals surface area contributed by atoms with Gasteiger partial charge in [-0.2, -0.15) is 0 Å². The number of nitrogens with zero attached hydrogens (tertiary/aromatic N) is 1. The van der Waals surface area contributed by atoms with Crippen LogP contribution in [-0.4, -0.2) is 16.3 Å². The molecule has 0 radical (unpaired) electrons. The second kappa shape index (κ2) is 3.87. The minimum absolute atomic E-state index is 0.109. The number of carbonyl (C=O) groups is 2. The maximum atomic E-state index is 11.5. The van der Waals surface area contributed by atoms with E-state index in [4.69, 9.17) is 0 Å². The van der Waals surface area contributed by atoms with E-state index in [0.717, 1.165) is 15.4 Å². The standard InChI is InChI=1S/C12H10BrNO2/c1-7(15)12-6-9-5-10(13)3-4-11(9)14(12)8(2)16/h3-6H,1-2H3. The van der Waals surface area contributed by atoms with Crippen molar-refractivity contribution in [2.45, 2.75) is 13.8 Å². The van der Waals surface area contributed by atoms with Gasteiger partial charge in [-0.1, -0.05) is 15.9 Å². The van der Waals surface area contributed by atoms with Crippen LogP contribution < -0.4 is 0 Å². The van der Waals surface area contributed by atoms with E-state index < -0.39 is 0 Å². The largest absolute Gasteiger partial charge is 0.293 e. The van der Waals surface area contributed by atoms with Crippen LogP contribution in [0.3, 0.4) is 0 Å². The van der Waals surface area contributed by atoms with Crippen LogP contribution in [0.15, 0.2) is 28.7 Å². The molecule has 4 heteroatoms. The van der Waals surface area contributed by atoms with Gasteiger partial charge in [-0.05, 0) is 24.3 Å². The lowest BCUT2D eigenvalue weighted by molar-refractivity contribution is 0.0913. The first-order valence-electron chi connectivity index (χ1n) is 4.83. The van der Waals surface area contributed by atoms with Gasteiger partial charge in [0.2, 0.25) is 5.91 Å². The molecule has 0 aliphatic rings. The van der Waals surface area contributed by atoms with Crippen LogP contribution in [0.5, 0.6) is 0 Å². The summed E-state index contributed by atoms with van der Waals surface area (Å²) in [5.41, 5.74) is 1.20. The Hall–Kier alpha value is -1.42. The van der Waals surface area contributed by atoms with Crippen LogP contribution >= 0.6 is 15.9 Å². The quantitative estimate of drug-likeness (QED) is 0.752. The summed E-state index contributed by atoms with van der Waals surface area (Å²) in [5, 5.41) is 0.884. The molecule has 3 nitrogen and oxygen atoms in total. The number of fused-ring (bicyclic) bond motifs is 1. The van der Waals surface area contributed by atoms with E-state index in [9.17, 15) is 9.59 Å². The van der Waals surface area contributed by atoms with Gasteiger partial charge < -0.3 is 0 Å². The zero-order chi connectivity index (χ0) is 11.9. The molecule has 82 valence electrons. The summed E-state index contributed by atoms with van der Waals surface area (Å²) in [5.74, 6) is -0.259. The Bertz CT molecular complexity index is 598. The summed E-state index contributed by atoms with van der Waals surface area (Å²) in [6, 6.07) is 7.31. The molecule has 0 spiro atoms. The Morgan fingerprint density at radius 2 is 1.88 bits per heavy atom. The third-order valence-corrected chi connectivity index (χ3v) is 2.93. The number of benzene rings is 1. The molecule has 0 amide bonds. The monoisotopic (exact) mass is 279 g/mol. The molecule has 16 heavy (non-hydrogen) atoms. The number of hydrogen-bond acceptors (Lipinski definition) is 2. The van der Waals surface area contributed by atoms with E-state index in [1.807, 2.05) is 18.2 Å². The maximum Gasteiger partial charge on any atom is 0.228 e. The number of halogens is 1. The molecule has 0 N–H and O–H groups in total. The zero-order valence-electron chi connectivity index (χ0n) is 8.95. The van der Waals surface area contributed by atoms with Crippen LogP contribution in [0.2, 0.25) is 0 Å². The summed E-state index contributed by atoms with van der Waals surface area (Å²) in [6.45, 7) is 2.91. The highest BCUT2D eigenvalue weighted by atomic mass is 79.9. The third kappa shape index (κ3) is 1.69. The topological polar surface area (TPSA) is 39.1 Å². The van der Waals surface area contributed by atoms with E-state index in [0.29, 0.717) is 5.69 Å². The number of carbonyl (C=O) groups excluding carboxylic acids is 2. The molecule has 0 aliphatic carbocycles. The molecule has 0 saturated carbocycles. The lowest BCUT2D eigenvalue weighted by atomic mass is 10.2. The van der Waals surface area contributed by atoms with Crippen LogP contribution in [0.4, 0.5) is 0 Å². The van der Waals surface area contributed by atoms with E-state index in [-0.39, 0.29) is 11.7 Å². The number of Topliss-reactive ketones (excluding diaryl/α,β-unsaturated/α-hetero) is 1. The fourth-order valence-corrected chi connectivity index (χ4v) is 2.16. The molecular weight excluding hydrogens is 270 g/mol. The summed E-state index contributed by atoms with van der Waals surface area (Å²) >= 11 is 3.36. The molecule has 0 bridgehead atoms. The number of hydrogen-bond donors (Lipinski definition) is 0. The molecule has 2 rings (SSSR count). The summed E-state index contributed by atoms with van der Waals surface area (Å²) in [4.78, 5) is 23.0. The molecule has 0 unspecified atom stereocenters. The van der Waals surface area contributed by atoms with Crippen LogP contribution in [0.25, 0.3) is 10.9 Å². The van der Waals surface area contributed by atoms with Gasteiger partial charge in [-0.25, -0.2) is 0 Å². The first-order valence-corrected chi connectivity index (χ1v) is 5.63. The Kier molecular flexibility index (Phi) is 2.68. The normalized spacial score (nSPS) is 10.7. The lowest BCUT2D eigenvalue weighted by Crippen LogP contribution is -2.11. The van der Waals surface area contributed by atoms with Crippen molar-refractivity contribution in [2.75, 3.05) is 0 Å². The van der Waals surface area contributed by atoms with Crippen molar-refractivity contribution in [3.63, 3.8) is 0 Å². The molecule has 0 fully saturated rings. The molecule has 1 aromatic carbocycles. The predicted octanol–water partition coefficient (Wildman–Crippen LogP) is 3.27. The average Bonchev–Trinajstić information content (AvgIpc) is 2.55. The van der Waals surface area contributed by atoms with Gasteiger partial charge in [0.1, 0.15) is 0 Å². The fourth-order valence-electron chi connectivity index (χ4n) is 1.78. The van der Waals surface area contributed by atoms with Crippen molar-refractivity contribution < 1.29 is 9.59 Å². The predicted molar refractivity (Wildman–Crippen MR) is 65.9 cm³/mol. The number of aromatic nitrogens is 1. The van der Waals surface area contributed by atoms with Crippen molar-refractivity contribution in [1.29, 1.82) is 0 Å². The van der Waals surface area contributed by atoms with Gasteiger partial charge in [0.15, 0.2) is 5.78 Å². The highest BCUT2D eigenvalue weighted by Crippen LogP contribution is 2.24. The summed E-state index contributed by atoms with van der Waals surface area (Å²) in [6.07, 6.45) is 0. The van der Waals surface area contributed by atoms with E-state index in [1.165, 1.54) is 18.4 Å². The second-order valence-electron chi connectivity index (χ2n) is 3.64. The summed E-state index contributed by atoms with van der Waals surface area (Å²) < 4.78 is 2.38. The number of ketones is 1. The summed E-state index contributed by atoms with van der Waals surface area (Å²) in [7, 11) is 0. The smallest absolute Gasteiger partial charge is 0.228 e. The first kappa shape index (κ1) is 11.1. The molecule has 1 heterocycles. The SMILES string of the molecule is CC(=O)c1cc2cc(Br)ccc2n1C(C)=O. The van der Waals surface area contributed by atoms with Crippen LogP contribution in [0, 0.1) is 0 Å². The minimum Gasteiger partial charge on any atom is -0.293 e. The molecule has 0 atom stereocenters. The highest BCUT2D eigenvalue weighted by Gasteiger charge is 2.14. The molecule has 0 aliphatic heterocycles. The van der Waals surface area contributed by atoms with E-state index in [2.05, 4.69) is 15.9 Å². The van der Waals surface area contributed by atoms with Gasteiger partial charge in [-0.15, -0.1) is 0 Å². The van der Waals surface area contributed by atoms with Crippen molar-refractivity contribution in [2.24, 2.45) is 0 Å². The van der Waals surface area contributed by atoms with Crippen LogP contribution in [0.1, 0.15) is 29.1 Å². The van der Waals surface area contributed by atoms with Crippen molar-refractivity contribution in [3.8, 4) is 0 Å². The number of rotatable bonds is 1. The zero-order valence-corrected chi connectivity index (χ0v) is 10.5. The molecule has 2 aromatic rings. The van der Waals surface area contributed by atoms with Gasteiger partial charge in [0.05, 0.1) is 11.2 Å². The lowest BCUT2D eigenvalue weighted by Gasteiger charge is -2.03. The Morgan fingerprint density at radius 3 is 2.44 bits per heavy atom. The van der Waals surface area contributed by atoms with Gasteiger partial charge in [0, 0.05) is 23.7 Å². The van der Waals surface area contributed by atoms with Gasteiger partial charge >= 0.3 is 0 Å².